The number of hydrogen-bond donors (Lipinski definition) is 3. The summed E-state index contributed by atoms with van der Waals surface area (Å²) in [6, 6.07) is 8.61. The lowest BCUT2D eigenvalue weighted by Gasteiger charge is -2.29. The molecule has 3 N–H and O–H groups in total. The zero-order valence-corrected chi connectivity index (χ0v) is 15.3. The van der Waals surface area contributed by atoms with Crippen molar-refractivity contribution in [3.63, 3.8) is 0 Å². The van der Waals surface area contributed by atoms with E-state index in [0.717, 1.165) is 37.3 Å². The summed E-state index contributed by atoms with van der Waals surface area (Å²) in [6.07, 6.45) is 5.32. The van der Waals surface area contributed by atoms with Crippen molar-refractivity contribution >= 4 is 22.8 Å². The van der Waals surface area contributed by atoms with Gasteiger partial charge in [0.1, 0.15) is 5.82 Å². The summed E-state index contributed by atoms with van der Waals surface area (Å²) in [6.45, 7) is 2.32. The Hall–Kier alpha value is -3.42. The van der Waals surface area contributed by atoms with Crippen molar-refractivity contribution in [2.75, 3.05) is 18.0 Å². The molecule has 0 unspecified atom stereocenters. The van der Waals surface area contributed by atoms with Gasteiger partial charge < -0.3 is 20.2 Å². The fourth-order valence-electron chi connectivity index (χ4n) is 3.49. The van der Waals surface area contributed by atoms with E-state index in [1.165, 1.54) is 6.42 Å². The molecule has 0 saturated carbocycles. The third-order valence-electron chi connectivity index (χ3n) is 4.95. The van der Waals surface area contributed by atoms with Crippen LogP contribution in [0, 0.1) is 0 Å². The average molecular weight is 379 g/mol. The molecule has 3 aromatic rings. The van der Waals surface area contributed by atoms with Crippen LogP contribution in [0.25, 0.3) is 11.0 Å². The summed E-state index contributed by atoms with van der Waals surface area (Å²) in [5, 5.41) is 2.92. The number of aromatic nitrogens is 3. The van der Waals surface area contributed by atoms with Crippen LogP contribution in [0.15, 0.2) is 46.1 Å². The van der Waals surface area contributed by atoms with E-state index >= 15 is 0 Å². The molecule has 3 heterocycles. The number of amides is 1. The molecule has 0 atom stereocenters. The molecule has 1 aliphatic heterocycles. The van der Waals surface area contributed by atoms with Crippen LogP contribution >= 0.6 is 0 Å². The molecule has 0 bridgehead atoms. The highest BCUT2D eigenvalue weighted by Crippen LogP contribution is 2.21. The van der Waals surface area contributed by atoms with Gasteiger partial charge in [-0.25, -0.2) is 4.98 Å². The van der Waals surface area contributed by atoms with Crippen LogP contribution in [-0.2, 0) is 6.54 Å². The Bertz CT molecular complexity index is 1130. The van der Waals surface area contributed by atoms with E-state index in [2.05, 4.69) is 25.2 Å². The van der Waals surface area contributed by atoms with Crippen molar-refractivity contribution in [2.45, 2.75) is 25.8 Å². The molecule has 8 heteroatoms. The quantitative estimate of drug-likeness (QED) is 0.596. The summed E-state index contributed by atoms with van der Waals surface area (Å²) in [7, 11) is 0. The molecule has 1 amide bonds. The fourth-order valence-corrected chi connectivity index (χ4v) is 3.49. The second kappa shape index (κ2) is 7.67. The second-order valence-corrected chi connectivity index (χ2v) is 6.89. The van der Waals surface area contributed by atoms with Crippen LogP contribution in [-0.4, -0.2) is 33.9 Å². The molecule has 2 aromatic heterocycles. The Morgan fingerprint density at radius 2 is 1.79 bits per heavy atom. The molecule has 8 nitrogen and oxygen atoms in total. The first kappa shape index (κ1) is 18.0. The van der Waals surface area contributed by atoms with Gasteiger partial charge in [-0.1, -0.05) is 6.07 Å². The van der Waals surface area contributed by atoms with Crippen molar-refractivity contribution in [1.29, 1.82) is 0 Å². The average Bonchev–Trinajstić information content (AvgIpc) is 2.73. The number of pyridine rings is 1. The van der Waals surface area contributed by atoms with Gasteiger partial charge in [-0.2, -0.15) is 0 Å². The van der Waals surface area contributed by atoms with Crippen molar-refractivity contribution < 1.29 is 4.79 Å². The van der Waals surface area contributed by atoms with Gasteiger partial charge in [0.05, 0.1) is 11.0 Å². The first-order valence-electron chi connectivity index (χ1n) is 9.35. The molecule has 4 rings (SSSR count). The largest absolute Gasteiger partial charge is 0.356 e. The van der Waals surface area contributed by atoms with E-state index in [-0.39, 0.29) is 5.91 Å². The Kier molecular flexibility index (Phi) is 4.92. The smallest absolute Gasteiger partial charge is 0.314 e. The Morgan fingerprint density at radius 3 is 2.57 bits per heavy atom. The number of carbonyl (C=O) groups is 1. The molecule has 144 valence electrons. The van der Waals surface area contributed by atoms with Gasteiger partial charge in [0.15, 0.2) is 0 Å². The predicted molar refractivity (Wildman–Crippen MR) is 107 cm³/mol. The number of aromatic amines is 2. The topological polar surface area (TPSA) is 111 Å². The number of fused-ring (bicyclic) bond motifs is 1. The van der Waals surface area contributed by atoms with Crippen molar-refractivity contribution in [3.05, 3.63) is 68.4 Å². The van der Waals surface area contributed by atoms with Gasteiger partial charge in [-0.3, -0.25) is 14.4 Å². The van der Waals surface area contributed by atoms with Crippen LogP contribution in [0.5, 0.6) is 0 Å². The highest BCUT2D eigenvalue weighted by atomic mass is 16.2. The van der Waals surface area contributed by atoms with Crippen molar-refractivity contribution in [2.24, 2.45) is 0 Å². The summed E-state index contributed by atoms with van der Waals surface area (Å²) in [4.78, 5) is 47.2. The molecule has 1 aliphatic rings. The minimum atomic E-state index is -0.744. The van der Waals surface area contributed by atoms with E-state index in [1.807, 2.05) is 12.1 Å². The lowest BCUT2D eigenvalue weighted by Crippen LogP contribution is -2.32. The number of rotatable bonds is 4. The third kappa shape index (κ3) is 3.66. The molecule has 28 heavy (non-hydrogen) atoms. The molecule has 0 aliphatic carbocycles. The fraction of sp³-hybridized carbons (Fsp3) is 0.300. The highest BCUT2D eigenvalue weighted by Gasteiger charge is 2.16. The van der Waals surface area contributed by atoms with E-state index in [1.54, 1.807) is 24.4 Å². The molecule has 1 fully saturated rings. The SMILES string of the molecule is O=C(NCc1cccnc1N1CCCCC1)c1ccc2[nH]c(=O)c(=O)[nH]c2c1. The number of nitrogens with one attached hydrogen (secondary N) is 3. The number of hydrogen-bond acceptors (Lipinski definition) is 5. The number of carbonyl (C=O) groups excluding carboxylic acids is 1. The summed E-state index contributed by atoms with van der Waals surface area (Å²) < 4.78 is 0. The van der Waals surface area contributed by atoms with Gasteiger partial charge in [-0.05, 0) is 43.5 Å². The standard InChI is InChI=1S/C20H21N5O3/c26-18(13-6-7-15-16(11-13)24-20(28)19(27)23-15)22-12-14-5-4-8-21-17(14)25-9-2-1-3-10-25/h4-8,11H,1-3,9-10,12H2,(H,22,26)(H,23,27)(H,24,28). The van der Waals surface area contributed by atoms with E-state index in [4.69, 9.17) is 0 Å². The zero-order chi connectivity index (χ0) is 19.5. The van der Waals surface area contributed by atoms with Gasteiger partial charge in [-0.15, -0.1) is 0 Å². The van der Waals surface area contributed by atoms with Crippen LogP contribution in [0.2, 0.25) is 0 Å². The lowest BCUT2D eigenvalue weighted by molar-refractivity contribution is 0.0951. The van der Waals surface area contributed by atoms with Gasteiger partial charge in [0.25, 0.3) is 5.91 Å². The van der Waals surface area contributed by atoms with Crippen LogP contribution in [0.4, 0.5) is 5.82 Å². The van der Waals surface area contributed by atoms with Crippen LogP contribution in [0.3, 0.4) is 0 Å². The Labute approximate surface area is 160 Å². The minimum absolute atomic E-state index is 0.262. The van der Waals surface area contributed by atoms with Crippen LogP contribution < -0.4 is 21.3 Å². The molecule has 0 spiro atoms. The normalized spacial score (nSPS) is 14.2. The first-order valence-corrected chi connectivity index (χ1v) is 9.35. The molecular weight excluding hydrogens is 358 g/mol. The predicted octanol–water partition coefficient (Wildman–Crippen LogP) is 1.53. The Morgan fingerprint density at radius 1 is 1.04 bits per heavy atom. The number of anilines is 1. The number of piperidine rings is 1. The molecule has 1 aromatic carbocycles. The maximum Gasteiger partial charge on any atom is 0.314 e. The van der Waals surface area contributed by atoms with E-state index in [0.29, 0.717) is 23.1 Å². The monoisotopic (exact) mass is 379 g/mol. The van der Waals surface area contributed by atoms with E-state index < -0.39 is 11.1 Å². The molecular formula is C20H21N5O3. The summed E-state index contributed by atoms with van der Waals surface area (Å²) >= 11 is 0. The first-order chi connectivity index (χ1) is 13.6. The van der Waals surface area contributed by atoms with E-state index in [9.17, 15) is 14.4 Å². The van der Waals surface area contributed by atoms with Gasteiger partial charge in [0, 0.05) is 37.0 Å². The number of H-pyrrole nitrogens is 2. The summed E-state index contributed by atoms with van der Waals surface area (Å²) in [5.74, 6) is 0.658. The van der Waals surface area contributed by atoms with Crippen molar-refractivity contribution in [1.82, 2.24) is 20.3 Å². The summed E-state index contributed by atoms with van der Waals surface area (Å²) in [5.41, 5.74) is 0.793. The molecule has 1 saturated heterocycles. The lowest BCUT2D eigenvalue weighted by atomic mass is 10.1. The number of benzene rings is 1. The third-order valence-corrected chi connectivity index (χ3v) is 4.95. The minimum Gasteiger partial charge on any atom is -0.356 e. The highest BCUT2D eigenvalue weighted by molar-refractivity contribution is 5.97. The maximum absolute atomic E-state index is 12.6. The second-order valence-electron chi connectivity index (χ2n) is 6.89. The molecule has 0 radical (unpaired) electrons. The number of nitrogens with zero attached hydrogens (tertiary/aromatic N) is 2. The van der Waals surface area contributed by atoms with Crippen LogP contribution in [0.1, 0.15) is 35.2 Å². The maximum atomic E-state index is 12.6. The van der Waals surface area contributed by atoms with Gasteiger partial charge in [0.2, 0.25) is 0 Å². The Balaban J connectivity index is 1.52. The zero-order valence-electron chi connectivity index (χ0n) is 15.3. The van der Waals surface area contributed by atoms with Gasteiger partial charge >= 0.3 is 11.1 Å². The van der Waals surface area contributed by atoms with Crippen molar-refractivity contribution in [3.8, 4) is 0 Å².